The van der Waals surface area contributed by atoms with E-state index in [9.17, 15) is 10.1 Å². The van der Waals surface area contributed by atoms with Crippen molar-refractivity contribution >= 4 is 22.4 Å². The van der Waals surface area contributed by atoms with Gasteiger partial charge in [-0.2, -0.15) is 5.26 Å². The Morgan fingerprint density at radius 3 is 2.71 bits per heavy atom. The molecule has 3 fully saturated rings. The normalized spacial score (nSPS) is 24.5. The Labute approximate surface area is 223 Å². The number of nitrogens with two attached hydrogens (primary N) is 1. The molecule has 0 amide bonds. The first-order valence-corrected chi connectivity index (χ1v) is 13.7. The Bertz CT molecular complexity index is 1400. The van der Waals surface area contributed by atoms with Gasteiger partial charge in [-0.1, -0.05) is 6.07 Å². The highest BCUT2D eigenvalue weighted by molar-refractivity contribution is 5.95. The Morgan fingerprint density at radius 2 is 1.95 bits per heavy atom. The number of aromatic amines is 1. The van der Waals surface area contributed by atoms with Gasteiger partial charge < -0.3 is 25.4 Å². The largest absolute Gasteiger partial charge is 0.368 e. The van der Waals surface area contributed by atoms with Crippen molar-refractivity contribution in [2.75, 3.05) is 62.2 Å². The average Bonchev–Trinajstić information content (AvgIpc) is 3.37. The molecule has 3 N–H and O–H groups in total. The van der Waals surface area contributed by atoms with Gasteiger partial charge in [-0.3, -0.25) is 9.69 Å². The highest BCUT2D eigenvalue weighted by Crippen LogP contribution is 2.31. The van der Waals surface area contributed by atoms with E-state index in [1.54, 1.807) is 6.07 Å². The quantitative estimate of drug-likeness (QED) is 0.533. The summed E-state index contributed by atoms with van der Waals surface area (Å²) in [6, 6.07) is 15.0. The number of hydrogen-bond acceptors (Lipinski definition) is 8. The molecular formula is C29H36N8O. The molecule has 3 saturated heterocycles. The summed E-state index contributed by atoms with van der Waals surface area (Å²) in [6.45, 7) is 10.3. The van der Waals surface area contributed by atoms with Gasteiger partial charge in [-0.15, -0.1) is 0 Å². The molecule has 9 nitrogen and oxygen atoms in total. The number of nitrogens with zero attached hydrogens (tertiary/aromatic N) is 6. The molecule has 0 bridgehead atoms. The molecule has 3 unspecified atom stereocenters. The molecule has 3 atom stereocenters. The number of benzene rings is 1. The fourth-order valence-electron chi connectivity index (χ4n) is 6.47. The molecule has 38 heavy (non-hydrogen) atoms. The van der Waals surface area contributed by atoms with Crippen LogP contribution in [-0.4, -0.2) is 90.3 Å². The van der Waals surface area contributed by atoms with Crippen LogP contribution in [0.2, 0.25) is 0 Å². The first-order chi connectivity index (χ1) is 18.5. The molecule has 0 saturated carbocycles. The first kappa shape index (κ1) is 24.9. The van der Waals surface area contributed by atoms with E-state index in [1.165, 1.54) is 5.56 Å². The fraction of sp³-hybridized carbons (Fsp3) is 0.483. The Balaban J connectivity index is 1.12. The lowest BCUT2D eigenvalue weighted by atomic mass is 10.0. The van der Waals surface area contributed by atoms with E-state index in [1.807, 2.05) is 24.4 Å². The zero-order valence-corrected chi connectivity index (χ0v) is 22.0. The van der Waals surface area contributed by atoms with Crippen molar-refractivity contribution < 1.29 is 0 Å². The monoisotopic (exact) mass is 512 g/mol. The molecule has 3 aromatic rings. The standard InChI is InChI=1S/C29H36N8O/c1-20-16-36(26-5-3-22(14-30)29-25(26)4-7-28(38)33-29)19-24-18-34(12-13-37(20)24)10-8-21-2-6-27(32-15-21)35-11-9-23(31)17-35/h2-7,15,20,23-24H,8-13,16-19,31H2,1H3,(H,33,38). The number of hydrogen-bond donors (Lipinski definition) is 2. The van der Waals surface area contributed by atoms with Gasteiger partial charge in [0.05, 0.1) is 11.1 Å². The summed E-state index contributed by atoms with van der Waals surface area (Å²) in [6.07, 6.45) is 4.06. The van der Waals surface area contributed by atoms with Crippen LogP contribution in [0.3, 0.4) is 0 Å². The number of aromatic nitrogens is 2. The smallest absolute Gasteiger partial charge is 0.248 e. The molecule has 0 spiro atoms. The lowest BCUT2D eigenvalue weighted by Gasteiger charge is -2.51. The summed E-state index contributed by atoms with van der Waals surface area (Å²) in [5, 5.41) is 10.5. The van der Waals surface area contributed by atoms with Crippen molar-refractivity contribution in [3.05, 3.63) is 64.1 Å². The third kappa shape index (κ3) is 4.87. The number of H-pyrrole nitrogens is 1. The Hall–Kier alpha value is -3.45. The fourth-order valence-corrected chi connectivity index (χ4v) is 6.47. The van der Waals surface area contributed by atoms with Crippen molar-refractivity contribution in [3.63, 3.8) is 0 Å². The van der Waals surface area contributed by atoms with Crippen molar-refractivity contribution in [1.29, 1.82) is 5.26 Å². The van der Waals surface area contributed by atoms with Gasteiger partial charge in [-0.25, -0.2) is 4.98 Å². The zero-order valence-electron chi connectivity index (χ0n) is 22.0. The molecule has 5 heterocycles. The number of fused-ring (bicyclic) bond motifs is 2. The summed E-state index contributed by atoms with van der Waals surface area (Å²) in [4.78, 5) is 29.5. The summed E-state index contributed by atoms with van der Waals surface area (Å²) in [7, 11) is 0. The van der Waals surface area contributed by atoms with Crippen LogP contribution in [0.5, 0.6) is 0 Å². The average molecular weight is 513 g/mol. The molecular weight excluding hydrogens is 476 g/mol. The van der Waals surface area contributed by atoms with Crippen molar-refractivity contribution in [1.82, 2.24) is 19.8 Å². The lowest BCUT2D eigenvalue weighted by molar-refractivity contribution is 0.0356. The van der Waals surface area contributed by atoms with Crippen molar-refractivity contribution in [2.24, 2.45) is 5.73 Å². The third-order valence-electron chi connectivity index (χ3n) is 8.50. The van der Waals surface area contributed by atoms with Crippen LogP contribution in [0.1, 0.15) is 24.5 Å². The second-order valence-corrected chi connectivity index (χ2v) is 11.1. The molecule has 1 aromatic carbocycles. The minimum atomic E-state index is -0.183. The van der Waals surface area contributed by atoms with Crippen LogP contribution in [0, 0.1) is 11.3 Å². The van der Waals surface area contributed by atoms with E-state index in [0.717, 1.165) is 82.1 Å². The van der Waals surface area contributed by atoms with Gasteiger partial charge in [0.2, 0.25) is 5.56 Å². The van der Waals surface area contributed by atoms with Crippen molar-refractivity contribution in [3.8, 4) is 6.07 Å². The maximum absolute atomic E-state index is 12.0. The number of nitriles is 1. The van der Waals surface area contributed by atoms with Crippen LogP contribution >= 0.6 is 0 Å². The zero-order chi connectivity index (χ0) is 26.2. The molecule has 6 rings (SSSR count). The minimum Gasteiger partial charge on any atom is -0.368 e. The highest BCUT2D eigenvalue weighted by Gasteiger charge is 2.36. The van der Waals surface area contributed by atoms with Crippen LogP contribution < -0.4 is 21.1 Å². The third-order valence-corrected chi connectivity index (χ3v) is 8.50. The number of nitrogens with one attached hydrogen (secondary N) is 1. The van der Waals surface area contributed by atoms with Gasteiger partial charge in [0.25, 0.3) is 0 Å². The van der Waals surface area contributed by atoms with Gasteiger partial charge in [0, 0.05) is 93.8 Å². The highest BCUT2D eigenvalue weighted by atomic mass is 16.1. The SMILES string of the molecule is CC1CN(c2ccc(C#N)c3[nH]c(=O)ccc23)CC2CN(CCc3ccc(N4CCC(N)C4)nc3)CCN12. The predicted molar refractivity (Wildman–Crippen MR) is 151 cm³/mol. The van der Waals surface area contributed by atoms with Crippen LogP contribution in [0.25, 0.3) is 10.9 Å². The summed E-state index contributed by atoms with van der Waals surface area (Å²) in [5.41, 5.74) is 9.37. The van der Waals surface area contributed by atoms with Gasteiger partial charge in [0.1, 0.15) is 11.9 Å². The molecule has 2 aromatic heterocycles. The maximum Gasteiger partial charge on any atom is 0.248 e. The number of piperazine rings is 2. The molecule has 3 aliphatic rings. The lowest BCUT2D eigenvalue weighted by Crippen LogP contribution is -2.65. The topological polar surface area (TPSA) is 109 Å². The van der Waals surface area contributed by atoms with Crippen LogP contribution in [0.4, 0.5) is 11.5 Å². The van der Waals surface area contributed by atoms with Crippen molar-refractivity contribution in [2.45, 2.75) is 37.9 Å². The molecule has 9 heteroatoms. The second kappa shape index (κ2) is 10.4. The molecule has 0 radical (unpaired) electrons. The summed E-state index contributed by atoms with van der Waals surface area (Å²) < 4.78 is 0. The van der Waals surface area contributed by atoms with E-state index in [-0.39, 0.29) is 11.6 Å². The molecule has 3 aliphatic heterocycles. The van der Waals surface area contributed by atoms with Gasteiger partial charge >= 0.3 is 0 Å². The Kier molecular flexibility index (Phi) is 6.78. The van der Waals surface area contributed by atoms with Crippen LogP contribution in [-0.2, 0) is 6.42 Å². The van der Waals surface area contributed by atoms with E-state index in [2.05, 4.69) is 49.7 Å². The van der Waals surface area contributed by atoms with Crippen LogP contribution in [0.15, 0.2) is 47.4 Å². The van der Waals surface area contributed by atoms with E-state index >= 15 is 0 Å². The van der Waals surface area contributed by atoms with E-state index < -0.39 is 0 Å². The van der Waals surface area contributed by atoms with Gasteiger partial charge in [0.15, 0.2) is 0 Å². The van der Waals surface area contributed by atoms with E-state index in [4.69, 9.17) is 10.7 Å². The first-order valence-electron chi connectivity index (χ1n) is 13.7. The minimum absolute atomic E-state index is 0.183. The summed E-state index contributed by atoms with van der Waals surface area (Å²) in [5.74, 6) is 1.03. The number of pyridine rings is 2. The van der Waals surface area contributed by atoms with Gasteiger partial charge in [-0.05, 0) is 49.6 Å². The molecule has 198 valence electrons. The summed E-state index contributed by atoms with van der Waals surface area (Å²) >= 11 is 0. The van der Waals surface area contributed by atoms with E-state index in [0.29, 0.717) is 23.2 Å². The number of rotatable bonds is 5. The number of anilines is 2. The Morgan fingerprint density at radius 1 is 1.05 bits per heavy atom. The predicted octanol–water partition coefficient (Wildman–Crippen LogP) is 1.77. The maximum atomic E-state index is 12.0. The molecule has 0 aliphatic carbocycles. The second-order valence-electron chi connectivity index (χ2n) is 11.1.